The molecule has 0 radical (unpaired) electrons. The number of ether oxygens (including phenoxy) is 1. The quantitative estimate of drug-likeness (QED) is 0.874. The van der Waals surface area contributed by atoms with E-state index in [0.29, 0.717) is 35.6 Å². The number of nitrogens with one attached hydrogen (secondary N) is 1. The minimum atomic E-state index is -0.792. The average Bonchev–Trinajstić information content (AvgIpc) is 2.89. The Morgan fingerprint density at radius 2 is 2.19 bits per heavy atom. The fraction of sp³-hybridized carbons (Fsp3) is 0.467. The van der Waals surface area contributed by atoms with Crippen molar-refractivity contribution in [2.45, 2.75) is 31.7 Å². The molecule has 0 aliphatic heterocycles. The van der Waals surface area contributed by atoms with Crippen LogP contribution in [-0.4, -0.2) is 30.1 Å². The predicted molar refractivity (Wildman–Crippen MR) is 78.6 cm³/mol. The average molecular weight is 312 g/mol. The van der Waals surface area contributed by atoms with Crippen molar-refractivity contribution in [1.29, 1.82) is 0 Å². The zero-order valence-corrected chi connectivity index (χ0v) is 12.5. The first-order chi connectivity index (χ1) is 10.0. The van der Waals surface area contributed by atoms with Crippen molar-refractivity contribution in [3.05, 3.63) is 28.8 Å². The van der Waals surface area contributed by atoms with Crippen LogP contribution >= 0.6 is 11.6 Å². The van der Waals surface area contributed by atoms with Crippen LogP contribution in [0.2, 0.25) is 5.02 Å². The minimum absolute atomic E-state index is 0.0768. The number of benzene rings is 1. The van der Waals surface area contributed by atoms with E-state index in [0.717, 1.165) is 0 Å². The summed E-state index contributed by atoms with van der Waals surface area (Å²) in [6.07, 6.45) is 1.91. The molecule has 6 heteroatoms. The Balaban J connectivity index is 1.95. The maximum absolute atomic E-state index is 12.1. The third-order valence-electron chi connectivity index (χ3n) is 3.78. The van der Waals surface area contributed by atoms with Gasteiger partial charge in [0.05, 0.1) is 19.4 Å². The van der Waals surface area contributed by atoms with Gasteiger partial charge in [-0.2, -0.15) is 0 Å². The van der Waals surface area contributed by atoms with Crippen LogP contribution in [0, 0.1) is 5.92 Å². The second-order valence-corrected chi connectivity index (χ2v) is 5.62. The summed E-state index contributed by atoms with van der Waals surface area (Å²) in [4.78, 5) is 23.0. The van der Waals surface area contributed by atoms with Crippen LogP contribution in [0.5, 0.6) is 5.75 Å². The van der Waals surface area contributed by atoms with E-state index in [-0.39, 0.29) is 24.3 Å². The first-order valence-electron chi connectivity index (χ1n) is 6.84. The number of halogens is 1. The number of amides is 1. The van der Waals surface area contributed by atoms with E-state index in [1.807, 2.05) is 0 Å². The summed E-state index contributed by atoms with van der Waals surface area (Å²) >= 11 is 6.10. The molecule has 1 fully saturated rings. The first kappa shape index (κ1) is 15.6. The molecule has 2 N–H and O–H groups in total. The Labute approximate surface area is 128 Å². The van der Waals surface area contributed by atoms with E-state index in [1.165, 1.54) is 7.11 Å². The monoisotopic (exact) mass is 311 g/mol. The molecular formula is C15H18ClNO4. The lowest BCUT2D eigenvalue weighted by Crippen LogP contribution is -2.34. The van der Waals surface area contributed by atoms with Crippen LogP contribution in [0.15, 0.2) is 18.2 Å². The molecule has 0 bridgehead atoms. The Bertz CT molecular complexity index is 546. The molecule has 5 nitrogen and oxygen atoms in total. The lowest BCUT2D eigenvalue weighted by Gasteiger charge is -2.14. The van der Waals surface area contributed by atoms with Gasteiger partial charge >= 0.3 is 5.97 Å². The molecule has 1 amide bonds. The highest BCUT2D eigenvalue weighted by Gasteiger charge is 2.30. The molecule has 2 atom stereocenters. The van der Waals surface area contributed by atoms with Crippen molar-refractivity contribution >= 4 is 23.5 Å². The Kier molecular flexibility index (Phi) is 5.07. The summed E-state index contributed by atoms with van der Waals surface area (Å²) in [6, 6.07) is 5.15. The molecule has 114 valence electrons. The smallest absolute Gasteiger partial charge is 0.306 e. The normalized spacial score (nSPS) is 21.0. The van der Waals surface area contributed by atoms with Gasteiger partial charge in [0.15, 0.2) is 0 Å². The second kappa shape index (κ2) is 6.80. The highest BCUT2D eigenvalue weighted by molar-refractivity contribution is 6.31. The van der Waals surface area contributed by atoms with Crippen LogP contribution in [0.1, 0.15) is 24.8 Å². The Hall–Kier alpha value is -1.75. The zero-order valence-electron chi connectivity index (χ0n) is 11.8. The molecule has 1 aliphatic carbocycles. The van der Waals surface area contributed by atoms with Gasteiger partial charge in [-0.3, -0.25) is 9.59 Å². The molecule has 1 saturated carbocycles. The lowest BCUT2D eigenvalue weighted by molar-refractivity contribution is -0.141. The number of hydrogen-bond acceptors (Lipinski definition) is 3. The van der Waals surface area contributed by atoms with Gasteiger partial charge in [0.2, 0.25) is 5.91 Å². The number of carboxylic acid groups (broad SMARTS) is 1. The van der Waals surface area contributed by atoms with Crippen molar-refractivity contribution in [1.82, 2.24) is 5.32 Å². The standard InChI is InChI=1S/C15H18ClNO4/c1-21-13-4-2-3-12(16)11(13)8-14(18)17-10-6-5-9(7-10)15(19)20/h2-4,9-10H,5-8H2,1H3,(H,17,18)(H,19,20)/t9-,10+/m1/s1. The van der Waals surface area contributed by atoms with Crippen molar-refractivity contribution in [2.24, 2.45) is 5.92 Å². The largest absolute Gasteiger partial charge is 0.496 e. The minimum Gasteiger partial charge on any atom is -0.496 e. The summed E-state index contributed by atoms with van der Waals surface area (Å²) in [5.41, 5.74) is 0.645. The summed E-state index contributed by atoms with van der Waals surface area (Å²) < 4.78 is 5.20. The third kappa shape index (κ3) is 3.88. The molecule has 1 aromatic carbocycles. The van der Waals surface area contributed by atoms with Crippen LogP contribution in [0.3, 0.4) is 0 Å². The van der Waals surface area contributed by atoms with Gasteiger partial charge in [0.1, 0.15) is 5.75 Å². The number of methoxy groups -OCH3 is 1. The van der Waals surface area contributed by atoms with Gasteiger partial charge in [-0.05, 0) is 31.4 Å². The molecule has 0 saturated heterocycles. The number of carbonyl (C=O) groups excluding carboxylic acids is 1. The van der Waals surface area contributed by atoms with Crippen LogP contribution < -0.4 is 10.1 Å². The van der Waals surface area contributed by atoms with E-state index < -0.39 is 5.97 Å². The molecule has 0 aromatic heterocycles. The predicted octanol–water partition coefficient (Wildman–Crippen LogP) is 2.26. The topological polar surface area (TPSA) is 75.6 Å². The molecule has 1 aliphatic rings. The Morgan fingerprint density at radius 3 is 2.81 bits per heavy atom. The van der Waals surface area contributed by atoms with Gasteiger partial charge < -0.3 is 15.2 Å². The zero-order chi connectivity index (χ0) is 15.4. The number of aliphatic carboxylic acids is 1. The second-order valence-electron chi connectivity index (χ2n) is 5.21. The summed E-state index contributed by atoms with van der Waals surface area (Å²) in [5, 5.41) is 12.3. The van der Waals surface area contributed by atoms with E-state index >= 15 is 0 Å². The third-order valence-corrected chi connectivity index (χ3v) is 4.13. The Morgan fingerprint density at radius 1 is 1.43 bits per heavy atom. The molecule has 0 unspecified atom stereocenters. The number of carboxylic acids is 1. The number of carbonyl (C=O) groups is 2. The van der Waals surface area contributed by atoms with Crippen molar-refractivity contribution in [3.63, 3.8) is 0 Å². The molecule has 21 heavy (non-hydrogen) atoms. The highest BCUT2D eigenvalue weighted by atomic mass is 35.5. The molecule has 1 aromatic rings. The van der Waals surface area contributed by atoms with Crippen molar-refractivity contribution in [2.75, 3.05) is 7.11 Å². The van der Waals surface area contributed by atoms with Crippen LogP contribution in [-0.2, 0) is 16.0 Å². The van der Waals surface area contributed by atoms with E-state index in [4.69, 9.17) is 21.4 Å². The van der Waals surface area contributed by atoms with Gasteiger partial charge in [-0.25, -0.2) is 0 Å². The molecule has 2 rings (SSSR count). The van der Waals surface area contributed by atoms with Crippen molar-refractivity contribution in [3.8, 4) is 5.75 Å². The van der Waals surface area contributed by atoms with Gasteiger partial charge in [0, 0.05) is 16.6 Å². The molecular weight excluding hydrogens is 294 g/mol. The highest BCUT2D eigenvalue weighted by Crippen LogP contribution is 2.28. The van der Waals surface area contributed by atoms with Gasteiger partial charge in [-0.1, -0.05) is 17.7 Å². The number of hydrogen-bond donors (Lipinski definition) is 2. The van der Waals surface area contributed by atoms with Crippen LogP contribution in [0.25, 0.3) is 0 Å². The SMILES string of the molecule is COc1cccc(Cl)c1CC(=O)N[C@H]1CC[C@@H](C(=O)O)C1. The summed E-state index contributed by atoms with van der Waals surface area (Å²) in [6.45, 7) is 0. The van der Waals surface area contributed by atoms with Crippen molar-refractivity contribution < 1.29 is 19.4 Å². The van der Waals surface area contributed by atoms with Crippen LogP contribution in [0.4, 0.5) is 0 Å². The van der Waals surface area contributed by atoms with E-state index in [1.54, 1.807) is 18.2 Å². The fourth-order valence-electron chi connectivity index (χ4n) is 2.68. The first-order valence-corrected chi connectivity index (χ1v) is 7.22. The number of rotatable bonds is 5. The summed E-state index contributed by atoms with van der Waals surface area (Å²) in [7, 11) is 1.53. The van der Waals surface area contributed by atoms with E-state index in [2.05, 4.69) is 5.32 Å². The maximum Gasteiger partial charge on any atom is 0.306 e. The van der Waals surface area contributed by atoms with Gasteiger partial charge in [0.25, 0.3) is 0 Å². The molecule has 0 heterocycles. The summed E-state index contributed by atoms with van der Waals surface area (Å²) in [5.74, 6) is -0.741. The maximum atomic E-state index is 12.1. The molecule has 0 spiro atoms. The lowest BCUT2D eigenvalue weighted by atomic mass is 10.1. The fourth-order valence-corrected chi connectivity index (χ4v) is 2.91. The van der Waals surface area contributed by atoms with Gasteiger partial charge in [-0.15, -0.1) is 0 Å². The van der Waals surface area contributed by atoms with E-state index in [9.17, 15) is 9.59 Å².